The van der Waals surface area contributed by atoms with Gasteiger partial charge in [-0.05, 0) is 26.7 Å². The topological polar surface area (TPSA) is 84.1 Å². The summed E-state index contributed by atoms with van der Waals surface area (Å²) >= 11 is 0. The Morgan fingerprint density at radius 2 is 1.20 bits per heavy atom. The molecular formula is C10H20O5. The first-order valence-corrected chi connectivity index (χ1v) is 5.02. The van der Waals surface area contributed by atoms with Crippen molar-refractivity contribution in [1.82, 2.24) is 0 Å². The summed E-state index contributed by atoms with van der Waals surface area (Å²) < 4.78 is 9.48. The van der Waals surface area contributed by atoms with Crippen LogP contribution in [0.2, 0.25) is 0 Å². The van der Waals surface area contributed by atoms with Gasteiger partial charge in [-0.2, -0.15) is 0 Å². The van der Waals surface area contributed by atoms with Gasteiger partial charge >= 0.3 is 11.9 Å². The molecule has 0 rings (SSSR count). The van der Waals surface area contributed by atoms with Crippen molar-refractivity contribution >= 4 is 11.9 Å². The summed E-state index contributed by atoms with van der Waals surface area (Å²) in [7, 11) is 0. The normalized spacial score (nSPS) is 8.93. The minimum absolute atomic E-state index is 0. The van der Waals surface area contributed by atoms with Crippen molar-refractivity contribution in [3.63, 3.8) is 0 Å². The van der Waals surface area contributed by atoms with E-state index in [2.05, 4.69) is 0 Å². The van der Waals surface area contributed by atoms with Crippen molar-refractivity contribution in [2.24, 2.45) is 0 Å². The summed E-state index contributed by atoms with van der Waals surface area (Å²) in [4.78, 5) is 21.8. The first-order valence-electron chi connectivity index (χ1n) is 5.02. The van der Waals surface area contributed by atoms with Crippen molar-refractivity contribution in [1.29, 1.82) is 0 Å². The lowest BCUT2D eigenvalue weighted by molar-refractivity contribution is -0.145. The lowest BCUT2D eigenvalue weighted by Gasteiger charge is -2.02. The average Bonchev–Trinajstić information content (AvgIpc) is 2.13. The Kier molecular flexibility index (Phi) is 12.0. The van der Waals surface area contributed by atoms with Gasteiger partial charge in [0.1, 0.15) is 0 Å². The number of hydrogen-bond donors (Lipinski definition) is 0. The number of hydrogen-bond acceptors (Lipinski definition) is 4. The first-order chi connectivity index (χ1) is 6.70. The fourth-order valence-corrected chi connectivity index (χ4v) is 1.00. The minimum Gasteiger partial charge on any atom is -0.466 e. The molecule has 15 heavy (non-hydrogen) atoms. The van der Waals surface area contributed by atoms with E-state index in [4.69, 9.17) is 9.47 Å². The largest absolute Gasteiger partial charge is 0.466 e. The van der Waals surface area contributed by atoms with Gasteiger partial charge in [0.2, 0.25) is 0 Å². The van der Waals surface area contributed by atoms with Crippen LogP contribution in [0.25, 0.3) is 0 Å². The summed E-state index contributed by atoms with van der Waals surface area (Å²) in [6.45, 7) is 4.38. The number of carbonyl (C=O) groups is 2. The van der Waals surface area contributed by atoms with Gasteiger partial charge in [0.15, 0.2) is 0 Å². The molecule has 0 saturated carbocycles. The third-order valence-corrected chi connectivity index (χ3v) is 1.62. The maximum Gasteiger partial charge on any atom is 0.305 e. The molecule has 0 unspecified atom stereocenters. The number of unbranched alkanes of at least 4 members (excludes halogenated alkanes) is 1. The Balaban J connectivity index is 0. The van der Waals surface area contributed by atoms with Crippen LogP contribution in [0, 0.1) is 0 Å². The zero-order chi connectivity index (χ0) is 10.8. The lowest BCUT2D eigenvalue weighted by Crippen LogP contribution is -2.06. The van der Waals surface area contributed by atoms with Crippen LogP contribution in [0.1, 0.15) is 39.5 Å². The quantitative estimate of drug-likeness (QED) is 0.470. The molecule has 0 amide bonds. The van der Waals surface area contributed by atoms with E-state index < -0.39 is 0 Å². The molecular weight excluding hydrogens is 200 g/mol. The third-order valence-electron chi connectivity index (χ3n) is 1.62. The van der Waals surface area contributed by atoms with Crippen LogP contribution in [0.3, 0.4) is 0 Å². The van der Waals surface area contributed by atoms with Gasteiger partial charge in [0.25, 0.3) is 0 Å². The van der Waals surface area contributed by atoms with Crippen LogP contribution in [-0.2, 0) is 19.1 Å². The van der Waals surface area contributed by atoms with Gasteiger partial charge in [0.05, 0.1) is 13.2 Å². The van der Waals surface area contributed by atoms with Crippen molar-refractivity contribution in [2.45, 2.75) is 39.5 Å². The van der Waals surface area contributed by atoms with Crippen LogP contribution in [0.4, 0.5) is 0 Å². The predicted molar refractivity (Wildman–Crippen MR) is 55.3 cm³/mol. The Hall–Kier alpha value is -1.10. The highest BCUT2D eigenvalue weighted by atomic mass is 16.5. The smallest absolute Gasteiger partial charge is 0.305 e. The molecule has 0 aliphatic carbocycles. The van der Waals surface area contributed by atoms with Crippen molar-refractivity contribution in [3.05, 3.63) is 0 Å². The van der Waals surface area contributed by atoms with Crippen LogP contribution >= 0.6 is 0 Å². The molecule has 0 saturated heterocycles. The van der Waals surface area contributed by atoms with Crippen molar-refractivity contribution in [3.8, 4) is 0 Å². The zero-order valence-corrected chi connectivity index (χ0v) is 9.38. The SMILES string of the molecule is CCOC(=O)CCCCC(=O)OCC.O. The maximum absolute atomic E-state index is 10.9. The molecule has 0 radical (unpaired) electrons. The number of ether oxygens (including phenoxy) is 2. The molecule has 0 aromatic heterocycles. The molecule has 2 N–H and O–H groups in total. The maximum atomic E-state index is 10.9. The fourth-order valence-electron chi connectivity index (χ4n) is 1.00. The molecule has 0 aromatic rings. The van der Waals surface area contributed by atoms with E-state index in [0.29, 0.717) is 38.9 Å². The molecule has 0 aliphatic rings. The van der Waals surface area contributed by atoms with E-state index in [1.165, 1.54) is 0 Å². The van der Waals surface area contributed by atoms with Gasteiger partial charge in [-0.15, -0.1) is 0 Å². The molecule has 0 spiro atoms. The fraction of sp³-hybridized carbons (Fsp3) is 0.800. The number of rotatable bonds is 7. The van der Waals surface area contributed by atoms with Crippen molar-refractivity contribution < 1.29 is 24.5 Å². The van der Waals surface area contributed by atoms with Gasteiger partial charge in [-0.25, -0.2) is 0 Å². The second-order valence-corrected chi connectivity index (χ2v) is 2.82. The highest BCUT2D eigenvalue weighted by Gasteiger charge is 2.04. The summed E-state index contributed by atoms with van der Waals surface area (Å²) in [5.41, 5.74) is 0. The van der Waals surface area contributed by atoms with Crippen LogP contribution in [0.15, 0.2) is 0 Å². The first kappa shape index (κ1) is 16.3. The molecule has 0 bridgehead atoms. The van der Waals surface area contributed by atoms with E-state index in [1.54, 1.807) is 13.8 Å². The van der Waals surface area contributed by atoms with Crippen LogP contribution in [0.5, 0.6) is 0 Å². The van der Waals surface area contributed by atoms with Crippen molar-refractivity contribution in [2.75, 3.05) is 13.2 Å². The molecule has 0 aliphatic heterocycles. The molecule has 5 nitrogen and oxygen atoms in total. The monoisotopic (exact) mass is 220 g/mol. The molecule has 0 fully saturated rings. The lowest BCUT2D eigenvalue weighted by atomic mass is 10.2. The average molecular weight is 220 g/mol. The Morgan fingerprint density at radius 1 is 0.867 bits per heavy atom. The third kappa shape index (κ3) is 10.8. The predicted octanol–water partition coefficient (Wildman–Crippen LogP) is 0.848. The Morgan fingerprint density at radius 3 is 1.47 bits per heavy atom. The Labute approximate surface area is 90.1 Å². The van der Waals surface area contributed by atoms with Gasteiger partial charge < -0.3 is 14.9 Å². The van der Waals surface area contributed by atoms with Gasteiger partial charge in [-0.1, -0.05) is 0 Å². The standard InChI is InChI=1S/C10H18O4.H2O/c1-3-13-9(11)7-5-6-8-10(12)14-4-2;/h3-8H2,1-2H3;1H2. The van der Waals surface area contributed by atoms with E-state index in [1.807, 2.05) is 0 Å². The summed E-state index contributed by atoms with van der Waals surface area (Å²) in [5, 5.41) is 0. The molecule has 0 heterocycles. The summed E-state index contributed by atoms with van der Waals surface area (Å²) in [6.07, 6.45) is 2.12. The van der Waals surface area contributed by atoms with E-state index >= 15 is 0 Å². The van der Waals surface area contributed by atoms with E-state index in [-0.39, 0.29) is 17.4 Å². The second-order valence-electron chi connectivity index (χ2n) is 2.82. The number of esters is 2. The molecule has 5 heteroatoms. The van der Waals surface area contributed by atoms with Gasteiger partial charge in [0, 0.05) is 12.8 Å². The van der Waals surface area contributed by atoms with E-state index in [9.17, 15) is 9.59 Å². The second kappa shape index (κ2) is 11.0. The summed E-state index contributed by atoms with van der Waals surface area (Å²) in [5.74, 6) is -0.396. The minimum atomic E-state index is -0.198. The summed E-state index contributed by atoms with van der Waals surface area (Å²) in [6, 6.07) is 0. The molecule has 90 valence electrons. The highest BCUT2D eigenvalue weighted by molar-refractivity contribution is 5.70. The van der Waals surface area contributed by atoms with Gasteiger partial charge in [-0.3, -0.25) is 9.59 Å². The van der Waals surface area contributed by atoms with E-state index in [0.717, 1.165) is 0 Å². The highest BCUT2D eigenvalue weighted by Crippen LogP contribution is 2.02. The van der Waals surface area contributed by atoms with Crippen LogP contribution in [-0.4, -0.2) is 30.6 Å². The number of carbonyl (C=O) groups excluding carboxylic acids is 2. The molecule has 0 atom stereocenters. The Bertz CT molecular complexity index is 159. The van der Waals surface area contributed by atoms with Crippen LogP contribution < -0.4 is 0 Å². The molecule has 0 aromatic carbocycles. The zero-order valence-electron chi connectivity index (χ0n) is 9.38.